The number of alkyl carbamates (subject to hydrolysis) is 1. The lowest BCUT2D eigenvalue weighted by atomic mass is 10.0. The van der Waals surface area contributed by atoms with Crippen LogP contribution in [0, 0.1) is 18.3 Å². The van der Waals surface area contributed by atoms with Crippen molar-refractivity contribution in [2.45, 2.75) is 45.4 Å². The highest BCUT2D eigenvalue weighted by Gasteiger charge is 2.36. The zero-order valence-corrected chi connectivity index (χ0v) is 21.7. The number of carbonyl (C=O) groups is 3. The Morgan fingerprint density at radius 1 is 1.14 bits per heavy atom. The van der Waals surface area contributed by atoms with E-state index in [4.69, 9.17) is 16.3 Å². The van der Waals surface area contributed by atoms with Crippen molar-refractivity contribution in [3.8, 4) is 6.07 Å². The van der Waals surface area contributed by atoms with Gasteiger partial charge in [-0.1, -0.05) is 54.1 Å². The highest BCUT2D eigenvalue weighted by Crippen LogP contribution is 2.29. The van der Waals surface area contributed by atoms with E-state index in [-0.39, 0.29) is 5.75 Å². The second kappa shape index (κ2) is 12.5. The van der Waals surface area contributed by atoms with Crippen LogP contribution in [0.25, 0.3) is 0 Å². The standard InChI is InChI=1S/C25H29ClN4O4S/c1-16-9-8-12-18(26)20(16)29-22(31)21(17-10-6-5-7-11-17)30(14-13-27)23(32)19(15-35)28-24(33)34-25(2,3)4/h5-12,19,21,35H,14-15H2,1-4H3,(H,28,33)(H,29,31). The van der Waals surface area contributed by atoms with Crippen LogP contribution in [0.3, 0.4) is 0 Å². The first-order valence-electron chi connectivity index (χ1n) is 10.9. The molecule has 2 atom stereocenters. The van der Waals surface area contributed by atoms with Gasteiger partial charge < -0.3 is 20.3 Å². The first kappa shape index (κ1) is 28.0. The van der Waals surface area contributed by atoms with Crippen LogP contribution in [0.2, 0.25) is 5.02 Å². The molecule has 186 valence electrons. The quantitative estimate of drug-likeness (QED) is 0.353. The molecular weight excluding hydrogens is 488 g/mol. The molecule has 2 aromatic rings. The largest absolute Gasteiger partial charge is 0.444 e. The van der Waals surface area contributed by atoms with Gasteiger partial charge in [0, 0.05) is 5.75 Å². The molecule has 0 aliphatic heterocycles. The van der Waals surface area contributed by atoms with Gasteiger partial charge in [-0.2, -0.15) is 17.9 Å². The molecule has 0 saturated carbocycles. The number of nitrogens with zero attached hydrogens (tertiary/aromatic N) is 2. The highest BCUT2D eigenvalue weighted by molar-refractivity contribution is 7.80. The Kier molecular flexibility index (Phi) is 9.99. The second-order valence-electron chi connectivity index (χ2n) is 8.74. The fourth-order valence-electron chi connectivity index (χ4n) is 3.30. The number of hydrogen-bond donors (Lipinski definition) is 3. The van der Waals surface area contributed by atoms with E-state index in [1.54, 1.807) is 76.2 Å². The van der Waals surface area contributed by atoms with Crippen molar-refractivity contribution in [1.29, 1.82) is 5.26 Å². The lowest BCUT2D eigenvalue weighted by Crippen LogP contribution is -2.53. The molecule has 10 heteroatoms. The summed E-state index contributed by atoms with van der Waals surface area (Å²) in [5, 5.41) is 15.1. The molecule has 0 saturated heterocycles. The maximum atomic E-state index is 13.6. The average molecular weight is 517 g/mol. The van der Waals surface area contributed by atoms with E-state index in [1.807, 2.05) is 6.07 Å². The van der Waals surface area contributed by atoms with Gasteiger partial charge in [0.05, 0.1) is 16.8 Å². The number of hydrogen-bond acceptors (Lipinski definition) is 6. The zero-order chi connectivity index (χ0) is 26.2. The number of anilines is 1. The van der Waals surface area contributed by atoms with E-state index < -0.39 is 42.1 Å². The summed E-state index contributed by atoms with van der Waals surface area (Å²) < 4.78 is 5.24. The van der Waals surface area contributed by atoms with Crippen LogP contribution in [-0.4, -0.2) is 46.7 Å². The summed E-state index contributed by atoms with van der Waals surface area (Å²) in [5.41, 5.74) is 0.839. The average Bonchev–Trinajstić information content (AvgIpc) is 2.78. The molecule has 0 aromatic heterocycles. The van der Waals surface area contributed by atoms with Crippen molar-refractivity contribution >= 4 is 47.8 Å². The summed E-state index contributed by atoms with van der Waals surface area (Å²) >= 11 is 10.5. The predicted molar refractivity (Wildman–Crippen MR) is 138 cm³/mol. The van der Waals surface area contributed by atoms with Gasteiger partial charge in [-0.15, -0.1) is 0 Å². The summed E-state index contributed by atoms with van der Waals surface area (Å²) in [6.45, 7) is 6.46. The van der Waals surface area contributed by atoms with Crippen LogP contribution >= 0.6 is 24.2 Å². The maximum Gasteiger partial charge on any atom is 0.408 e. The van der Waals surface area contributed by atoms with Crippen LogP contribution in [0.1, 0.15) is 37.9 Å². The molecule has 2 N–H and O–H groups in total. The van der Waals surface area contributed by atoms with Gasteiger partial charge in [-0.25, -0.2) is 4.79 Å². The lowest BCUT2D eigenvalue weighted by molar-refractivity contribution is -0.139. The predicted octanol–water partition coefficient (Wildman–Crippen LogP) is 4.50. The number of para-hydroxylation sites is 1. The molecule has 8 nitrogen and oxygen atoms in total. The van der Waals surface area contributed by atoms with E-state index in [9.17, 15) is 19.6 Å². The number of halogens is 1. The molecule has 0 spiro atoms. The third-order valence-corrected chi connectivity index (χ3v) is 5.52. The van der Waals surface area contributed by atoms with Gasteiger partial charge in [0.2, 0.25) is 5.91 Å². The molecule has 0 bridgehead atoms. The van der Waals surface area contributed by atoms with Crippen molar-refractivity contribution in [1.82, 2.24) is 10.2 Å². The number of ether oxygens (including phenoxy) is 1. The van der Waals surface area contributed by atoms with Crippen LogP contribution in [0.4, 0.5) is 10.5 Å². The van der Waals surface area contributed by atoms with E-state index in [2.05, 4.69) is 23.3 Å². The number of carbonyl (C=O) groups excluding carboxylic acids is 3. The Hall–Kier alpha value is -3.22. The molecule has 0 aliphatic rings. The molecule has 0 aliphatic carbocycles. The number of nitrogens with one attached hydrogen (secondary N) is 2. The van der Waals surface area contributed by atoms with Gasteiger partial charge in [0.25, 0.3) is 5.91 Å². The minimum absolute atomic E-state index is 0.0766. The van der Waals surface area contributed by atoms with Crippen molar-refractivity contribution in [3.63, 3.8) is 0 Å². The van der Waals surface area contributed by atoms with E-state index in [1.165, 1.54) is 0 Å². The normalized spacial score (nSPS) is 12.6. The van der Waals surface area contributed by atoms with E-state index in [0.717, 1.165) is 10.5 Å². The number of aryl methyl sites for hydroxylation is 1. The first-order chi connectivity index (χ1) is 16.5. The lowest BCUT2D eigenvalue weighted by Gasteiger charge is -2.32. The van der Waals surface area contributed by atoms with Crippen molar-refractivity contribution in [3.05, 3.63) is 64.7 Å². The summed E-state index contributed by atoms with van der Waals surface area (Å²) in [7, 11) is 0. The van der Waals surface area contributed by atoms with Crippen molar-refractivity contribution in [2.24, 2.45) is 0 Å². The third kappa shape index (κ3) is 7.91. The molecule has 0 heterocycles. The number of rotatable bonds is 8. The second-order valence-corrected chi connectivity index (χ2v) is 9.51. The smallest absolute Gasteiger partial charge is 0.408 e. The van der Waals surface area contributed by atoms with Crippen LogP contribution in [0.5, 0.6) is 0 Å². The van der Waals surface area contributed by atoms with Gasteiger partial charge in [0.15, 0.2) is 0 Å². The van der Waals surface area contributed by atoms with Crippen molar-refractivity contribution in [2.75, 3.05) is 17.6 Å². The zero-order valence-electron chi connectivity index (χ0n) is 20.0. The topological polar surface area (TPSA) is 112 Å². The number of amides is 3. The molecule has 0 radical (unpaired) electrons. The molecule has 0 fully saturated rings. The molecule has 3 amide bonds. The fraction of sp³-hybridized carbons (Fsp3) is 0.360. The van der Waals surface area contributed by atoms with Crippen LogP contribution in [0.15, 0.2) is 48.5 Å². The van der Waals surface area contributed by atoms with E-state index >= 15 is 0 Å². The Morgan fingerprint density at radius 2 is 1.80 bits per heavy atom. The third-order valence-electron chi connectivity index (χ3n) is 4.84. The van der Waals surface area contributed by atoms with Gasteiger partial charge in [-0.3, -0.25) is 9.59 Å². The first-order valence-corrected chi connectivity index (χ1v) is 11.9. The summed E-state index contributed by atoms with van der Waals surface area (Å²) in [6.07, 6.45) is -0.811. The minimum Gasteiger partial charge on any atom is -0.444 e. The van der Waals surface area contributed by atoms with Gasteiger partial charge in [-0.05, 0) is 44.9 Å². The van der Waals surface area contributed by atoms with Gasteiger partial charge >= 0.3 is 6.09 Å². The minimum atomic E-state index is -1.18. The Labute approximate surface area is 216 Å². The van der Waals surface area contributed by atoms with Gasteiger partial charge in [0.1, 0.15) is 24.2 Å². The highest BCUT2D eigenvalue weighted by atomic mass is 35.5. The molecule has 2 aromatic carbocycles. The van der Waals surface area contributed by atoms with E-state index in [0.29, 0.717) is 16.3 Å². The van der Waals surface area contributed by atoms with Crippen molar-refractivity contribution < 1.29 is 19.1 Å². The monoisotopic (exact) mass is 516 g/mol. The number of benzene rings is 2. The Morgan fingerprint density at radius 3 is 2.34 bits per heavy atom. The fourth-order valence-corrected chi connectivity index (χ4v) is 3.81. The van der Waals surface area contributed by atoms with Crippen LogP contribution in [-0.2, 0) is 14.3 Å². The molecule has 35 heavy (non-hydrogen) atoms. The SMILES string of the molecule is Cc1cccc(Cl)c1NC(=O)C(c1ccccc1)N(CC#N)C(=O)C(CS)NC(=O)OC(C)(C)C. The molecular formula is C25H29ClN4O4S. The summed E-state index contributed by atoms with van der Waals surface area (Å²) in [4.78, 5) is 40.5. The Bertz CT molecular complexity index is 1080. The molecule has 2 rings (SSSR count). The Balaban J connectivity index is 2.44. The van der Waals surface area contributed by atoms with Crippen LogP contribution < -0.4 is 10.6 Å². The summed E-state index contributed by atoms with van der Waals surface area (Å²) in [6, 6.07) is 13.4. The maximum absolute atomic E-state index is 13.6. The number of nitriles is 1. The summed E-state index contributed by atoms with van der Waals surface area (Å²) in [5.74, 6) is -1.30. The number of thiol groups is 1. The molecule has 2 unspecified atom stereocenters.